The van der Waals surface area contributed by atoms with Crippen molar-refractivity contribution in [1.82, 2.24) is 4.90 Å². The molecule has 0 bridgehead atoms. The summed E-state index contributed by atoms with van der Waals surface area (Å²) in [7, 11) is 0. The van der Waals surface area contributed by atoms with Crippen molar-refractivity contribution in [3.05, 3.63) is 47.8 Å². The minimum Gasteiger partial charge on any atom is -0.475 e. The lowest BCUT2D eigenvalue weighted by Crippen LogP contribution is -2.30. The van der Waals surface area contributed by atoms with Crippen LogP contribution in [0.4, 0.5) is 0 Å². The molecule has 104 valence electrons. The Balaban J connectivity index is 1.83. The molecule has 0 aliphatic carbocycles. The molecule has 3 heterocycles. The summed E-state index contributed by atoms with van der Waals surface area (Å²) in [5.74, 6) is -0.951. The summed E-state index contributed by atoms with van der Waals surface area (Å²) in [6.45, 7) is 0.604. The topological polar surface area (TPSA) is 83.9 Å². The quantitative estimate of drug-likeness (QED) is 0.930. The molecule has 0 radical (unpaired) electrons. The fourth-order valence-electron chi connectivity index (χ4n) is 2.50. The summed E-state index contributed by atoms with van der Waals surface area (Å²) < 4.78 is 10.4. The van der Waals surface area contributed by atoms with Gasteiger partial charge in [0.2, 0.25) is 5.76 Å². The molecule has 1 aliphatic rings. The van der Waals surface area contributed by atoms with Crippen molar-refractivity contribution < 1.29 is 23.5 Å². The Morgan fingerprint density at radius 3 is 2.70 bits per heavy atom. The highest BCUT2D eigenvalue weighted by Crippen LogP contribution is 2.33. The van der Waals surface area contributed by atoms with Crippen molar-refractivity contribution in [2.45, 2.75) is 18.9 Å². The van der Waals surface area contributed by atoms with Crippen LogP contribution in [0, 0.1) is 0 Å². The first-order valence-corrected chi connectivity index (χ1v) is 6.34. The molecule has 1 saturated heterocycles. The van der Waals surface area contributed by atoms with Gasteiger partial charge in [-0.3, -0.25) is 4.79 Å². The largest absolute Gasteiger partial charge is 0.475 e. The predicted octanol–water partition coefficient (Wildman–Crippen LogP) is 2.55. The van der Waals surface area contributed by atoms with Gasteiger partial charge in [-0.1, -0.05) is 0 Å². The molecule has 6 nitrogen and oxygen atoms in total. The molecule has 0 aromatic carbocycles. The molecule has 1 N–H and O–H groups in total. The molecule has 1 aliphatic heterocycles. The third kappa shape index (κ3) is 2.09. The number of carbonyl (C=O) groups is 2. The van der Waals surface area contributed by atoms with Crippen molar-refractivity contribution in [2.24, 2.45) is 0 Å². The van der Waals surface area contributed by atoms with Gasteiger partial charge in [0.05, 0.1) is 12.3 Å². The standard InChI is InChI=1S/C14H13NO5/c16-13(11-5-6-12(20-11)14(17)18)15-7-1-3-9(15)10-4-2-8-19-10/h2,4-6,8-9H,1,3,7H2,(H,17,18)/t9-/m1/s1. The summed E-state index contributed by atoms with van der Waals surface area (Å²) in [4.78, 5) is 24.8. The fourth-order valence-corrected chi connectivity index (χ4v) is 2.50. The average Bonchev–Trinajstić information content (AvgIpc) is 3.17. The van der Waals surface area contributed by atoms with Gasteiger partial charge in [0, 0.05) is 6.54 Å². The van der Waals surface area contributed by atoms with E-state index in [9.17, 15) is 9.59 Å². The molecule has 1 fully saturated rings. The van der Waals surface area contributed by atoms with Gasteiger partial charge in [-0.25, -0.2) is 4.79 Å². The van der Waals surface area contributed by atoms with Crippen LogP contribution in [0.15, 0.2) is 39.4 Å². The highest BCUT2D eigenvalue weighted by molar-refractivity contribution is 5.93. The zero-order valence-electron chi connectivity index (χ0n) is 10.6. The van der Waals surface area contributed by atoms with Crippen LogP contribution in [-0.4, -0.2) is 28.4 Å². The number of likely N-dealkylation sites (tertiary alicyclic amines) is 1. The lowest BCUT2D eigenvalue weighted by molar-refractivity contribution is 0.0641. The second kappa shape index (κ2) is 4.88. The molecular weight excluding hydrogens is 262 g/mol. The normalized spacial score (nSPS) is 18.4. The van der Waals surface area contributed by atoms with Crippen LogP contribution in [-0.2, 0) is 0 Å². The number of hydrogen-bond acceptors (Lipinski definition) is 4. The predicted molar refractivity (Wildman–Crippen MR) is 67.4 cm³/mol. The number of nitrogens with zero attached hydrogens (tertiary/aromatic N) is 1. The summed E-state index contributed by atoms with van der Waals surface area (Å²) in [5, 5.41) is 8.81. The second-order valence-corrected chi connectivity index (χ2v) is 4.64. The lowest BCUT2D eigenvalue weighted by atomic mass is 10.1. The van der Waals surface area contributed by atoms with Crippen LogP contribution in [0.1, 0.15) is 45.8 Å². The molecule has 3 rings (SSSR count). The van der Waals surface area contributed by atoms with Crippen molar-refractivity contribution in [3.8, 4) is 0 Å². The molecule has 0 spiro atoms. The van der Waals surface area contributed by atoms with Gasteiger partial charge in [0.1, 0.15) is 5.76 Å². The minimum atomic E-state index is -1.19. The number of carboxylic acids is 1. The highest BCUT2D eigenvalue weighted by Gasteiger charge is 2.33. The second-order valence-electron chi connectivity index (χ2n) is 4.64. The van der Waals surface area contributed by atoms with Crippen LogP contribution in [0.2, 0.25) is 0 Å². The van der Waals surface area contributed by atoms with E-state index in [-0.39, 0.29) is 23.5 Å². The van der Waals surface area contributed by atoms with E-state index in [0.29, 0.717) is 6.54 Å². The molecule has 0 saturated carbocycles. The number of carbonyl (C=O) groups excluding carboxylic acids is 1. The smallest absolute Gasteiger partial charge is 0.371 e. The fraction of sp³-hybridized carbons (Fsp3) is 0.286. The van der Waals surface area contributed by atoms with Gasteiger partial charge in [0.15, 0.2) is 5.76 Å². The van der Waals surface area contributed by atoms with Gasteiger partial charge in [-0.2, -0.15) is 0 Å². The van der Waals surface area contributed by atoms with Gasteiger partial charge in [0.25, 0.3) is 5.91 Å². The average molecular weight is 275 g/mol. The third-order valence-electron chi connectivity index (χ3n) is 3.41. The first kappa shape index (κ1) is 12.5. The van der Waals surface area contributed by atoms with E-state index in [2.05, 4.69) is 0 Å². The molecule has 0 unspecified atom stereocenters. The Bertz CT molecular complexity index is 628. The van der Waals surface area contributed by atoms with Gasteiger partial charge < -0.3 is 18.8 Å². The first-order valence-electron chi connectivity index (χ1n) is 6.34. The Kier molecular flexibility index (Phi) is 3.06. The van der Waals surface area contributed by atoms with E-state index < -0.39 is 5.97 Å². The van der Waals surface area contributed by atoms with E-state index in [1.54, 1.807) is 17.2 Å². The lowest BCUT2D eigenvalue weighted by Gasteiger charge is -2.21. The molecule has 1 amide bonds. The van der Waals surface area contributed by atoms with Crippen molar-refractivity contribution in [1.29, 1.82) is 0 Å². The SMILES string of the molecule is O=C(O)c1ccc(C(=O)N2CCC[C@@H]2c2ccco2)o1. The number of hydrogen-bond donors (Lipinski definition) is 1. The van der Waals surface area contributed by atoms with Crippen LogP contribution in [0.5, 0.6) is 0 Å². The molecule has 1 atom stereocenters. The number of carboxylic acid groups (broad SMARTS) is 1. The summed E-state index contributed by atoms with van der Waals surface area (Å²) >= 11 is 0. The van der Waals surface area contributed by atoms with Crippen molar-refractivity contribution >= 4 is 11.9 Å². The molecule has 2 aromatic heterocycles. The first-order chi connectivity index (χ1) is 9.66. The molecule has 2 aromatic rings. The van der Waals surface area contributed by atoms with Crippen molar-refractivity contribution in [3.63, 3.8) is 0 Å². The Labute approximate surface area is 114 Å². The summed E-state index contributed by atoms with van der Waals surface area (Å²) in [6.07, 6.45) is 3.28. The van der Waals surface area contributed by atoms with Crippen LogP contribution < -0.4 is 0 Å². The monoisotopic (exact) mass is 275 g/mol. The molecule has 6 heteroatoms. The summed E-state index contributed by atoms with van der Waals surface area (Å²) in [6, 6.07) is 6.18. The molecular formula is C14H13NO5. The van der Waals surface area contributed by atoms with Crippen molar-refractivity contribution in [2.75, 3.05) is 6.54 Å². The zero-order valence-corrected chi connectivity index (χ0v) is 10.6. The van der Waals surface area contributed by atoms with Crippen LogP contribution in [0.3, 0.4) is 0 Å². The summed E-state index contributed by atoms with van der Waals surface area (Å²) in [5.41, 5.74) is 0. The maximum atomic E-state index is 12.4. The number of amides is 1. The van der Waals surface area contributed by atoms with E-state index in [4.69, 9.17) is 13.9 Å². The minimum absolute atomic E-state index is 0.0425. The number of furan rings is 2. The number of rotatable bonds is 3. The van der Waals surface area contributed by atoms with Crippen LogP contribution in [0.25, 0.3) is 0 Å². The van der Waals surface area contributed by atoms with Gasteiger partial charge >= 0.3 is 5.97 Å². The number of aromatic carboxylic acids is 1. The Morgan fingerprint density at radius 2 is 2.05 bits per heavy atom. The van der Waals surface area contributed by atoms with E-state index in [1.165, 1.54) is 12.1 Å². The van der Waals surface area contributed by atoms with Gasteiger partial charge in [-0.15, -0.1) is 0 Å². The van der Waals surface area contributed by atoms with E-state index >= 15 is 0 Å². The highest BCUT2D eigenvalue weighted by atomic mass is 16.4. The van der Waals surface area contributed by atoms with Gasteiger partial charge in [-0.05, 0) is 37.1 Å². The maximum Gasteiger partial charge on any atom is 0.371 e. The van der Waals surface area contributed by atoms with E-state index in [1.807, 2.05) is 6.07 Å². The Morgan fingerprint density at radius 1 is 1.25 bits per heavy atom. The Hall–Kier alpha value is -2.50. The van der Waals surface area contributed by atoms with E-state index in [0.717, 1.165) is 18.6 Å². The van der Waals surface area contributed by atoms with Crippen LogP contribution >= 0.6 is 0 Å². The molecule has 20 heavy (non-hydrogen) atoms. The third-order valence-corrected chi connectivity index (χ3v) is 3.41. The zero-order chi connectivity index (χ0) is 14.1. The maximum absolute atomic E-state index is 12.4.